The zero-order chi connectivity index (χ0) is 13.5. The van der Waals surface area contributed by atoms with Gasteiger partial charge in [-0.1, -0.05) is 0 Å². The van der Waals surface area contributed by atoms with E-state index in [2.05, 4.69) is 25.1 Å². The molecule has 0 bridgehead atoms. The third-order valence-corrected chi connectivity index (χ3v) is 4.31. The molecule has 98 valence electrons. The molecule has 18 heavy (non-hydrogen) atoms. The second-order valence-electron chi connectivity index (χ2n) is 4.18. The summed E-state index contributed by atoms with van der Waals surface area (Å²) in [6.45, 7) is 6.81. The van der Waals surface area contributed by atoms with Crippen molar-refractivity contribution in [3.63, 3.8) is 0 Å². The number of aromatic amines is 2. The Hall–Kier alpha value is -1.83. The van der Waals surface area contributed by atoms with E-state index in [-0.39, 0.29) is 4.90 Å². The third kappa shape index (κ3) is 1.99. The molecule has 0 amide bonds. The van der Waals surface area contributed by atoms with Gasteiger partial charge in [0.2, 0.25) is 0 Å². The molecule has 0 saturated heterocycles. The van der Waals surface area contributed by atoms with Gasteiger partial charge in [-0.15, -0.1) is 0 Å². The fraction of sp³-hybridized carbons (Fsp3) is 0.400. The van der Waals surface area contributed by atoms with E-state index in [0.29, 0.717) is 28.5 Å². The average molecular weight is 269 g/mol. The predicted octanol–water partition coefficient (Wildman–Crippen LogP) is 1.17. The summed E-state index contributed by atoms with van der Waals surface area (Å²) in [7, 11) is -3.65. The molecule has 0 radical (unpaired) electrons. The van der Waals surface area contributed by atoms with Crippen LogP contribution in [0.25, 0.3) is 0 Å². The minimum atomic E-state index is -3.65. The van der Waals surface area contributed by atoms with Crippen LogP contribution in [-0.2, 0) is 10.0 Å². The second-order valence-corrected chi connectivity index (χ2v) is 5.80. The molecule has 0 aliphatic rings. The highest BCUT2D eigenvalue weighted by molar-refractivity contribution is 7.92. The van der Waals surface area contributed by atoms with Crippen LogP contribution < -0.4 is 4.72 Å². The number of aryl methyl sites for hydroxylation is 4. The Bertz CT molecular complexity index is 644. The van der Waals surface area contributed by atoms with Gasteiger partial charge in [-0.3, -0.25) is 14.9 Å². The predicted molar refractivity (Wildman–Crippen MR) is 66.9 cm³/mol. The van der Waals surface area contributed by atoms with Gasteiger partial charge in [0.15, 0.2) is 0 Å². The van der Waals surface area contributed by atoms with Crippen LogP contribution in [0.15, 0.2) is 4.90 Å². The van der Waals surface area contributed by atoms with Crippen LogP contribution in [0.3, 0.4) is 0 Å². The molecular formula is C10H15N5O2S. The van der Waals surface area contributed by atoms with Gasteiger partial charge in [0.05, 0.1) is 28.5 Å². The van der Waals surface area contributed by atoms with Crippen molar-refractivity contribution in [2.45, 2.75) is 32.6 Å². The molecule has 2 aromatic heterocycles. The molecule has 0 aliphatic heterocycles. The van der Waals surface area contributed by atoms with Gasteiger partial charge in [-0.2, -0.15) is 10.2 Å². The van der Waals surface area contributed by atoms with Crippen molar-refractivity contribution >= 4 is 15.7 Å². The van der Waals surface area contributed by atoms with Gasteiger partial charge < -0.3 is 0 Å². The van der Waals surface area contributed by atoms with Crippen LogP contribution in [0.2, 0.25) is 0 Å². The molecule has 0 aromatic carbocycles. The minimum absolute atomic E-state index is 0.183. The topological polar surface area (TPSA) is 104 Å². The molecular weight excluding hydrogens is 254 g/mol. The maximum Gasteiger partial charge on any atom is 0.265 e. The number of nitrogens with zero attached hydrogens (tertiary/aromatic N) is 2. The highest BCUT2D eigenvalue weighted by Crippen LogP contribution is 2.23. The van der Waals surface area contributed by atoms with E-state index in [1.54, 1.807) is 27.7 Å². The molecule has 0 saturated carbocycles. The average Bonchev–Trinajstić information content (AvgIpc) is 2.76. The lowest BCUT2D eigenvalue weighted by atomic mass is 10.3. The summed E-state index contributed by atoms with van der Waals surface area (Å²) in [5, 5.41) is 13.2. The summed E-state index contributed by atoms with van der Waals surface area (Å²) in [5.74, 6) is 0. The number of sulfonamides is 1. The Morgan fingerprint density at radius 2 is 1.50 bits per heavy atom. The molecule has 7 nitrogen and oxygen atoms in total. The molecule has 0 spiro atoms. The van der Waals surface area contributed by atoms with Crippen molar-refractivity contribution < 1.29 is 8.42 Å². The van der Waals surface area contributed by atoms with Crippen LogP contribution in [0.1, 0.15) is 22.8 Å². The van der Waals surface area contributed by atoms with E-state index in [0.717, 1.165) is 0 Å². The van der Waals surface area contributed by atoms with Crippen LogP contribution in [0.5, 0.6) is 0 Å². The molecule has 2 heterocycles. The molecule has 2 aromatic rings. The Kier molecular flexibility index (Phi) is 2.89. The standard InChI is InChI=1S/C10H15N5O2S/c1-5-9(6(2)12-11-5)15-18(16,17)10-7(3)13-14-8(10)4/h15H,1-4H3,(H,11,12)(H,13,14). The number of aromatic nitrogens is 4. The van der Waals surface area contributed by atoms with E-state index >= 15 is 0 Å². The molecule has 2 rings (SSSR count). The zero-order valence-electron chi connectivity index (χ0n) is 10.6. The lowest BCUT2D eigenvalue weighted by Gasteiger charge is -2.08. The second kappa shape index (κ2) is 4.13. The number of anilines is 1. The van der Waals surface area contributed by atoms with Gasteiger partial charge >= 0.3 is 0 Å². The van der Waals surface area contributed by atoms with Crippen molar-refractivity contribution in [1.29, 1.82) is 0 Å². The lowest BCUT2D eigenvalue weighted by Crippen LogP contribution is -2.15. The lowest BCUT2D eigenvalue weighted by molar-refractivity contribution is 0.600. The summed E-state index contributed by atoms with van der Waals surface area (Å²) < 4.78 is 27.1. The summed E-state index contributed by atoms with van der Waals surface area (Å²) >= 11 is 0. The Labute approximate surface area is 105 Å². The van der Waals surface area contributed by atoms with Crippen molar-refractivity contribution in [3.8, 4) is 0 Å². The third-order valence-electron chi connectivity index (χ3n) is 2.69. The van der Waals surface area contributed by atoms with Crippen LogP contribution in [0, 0.1) is 27.7 Å². The summed E-state index contributed by atoms with van der Waals surface area (Å²) in [4.78, 5) is 0.183. The highest BCUT2D eigenvalue weighted by Gasteiger charge is 2.24. The normalized spacial score (nSPS) is 11.8. The van der Waals surface area contributed by atoms with Crippen molar-refractivity contribution in [1.82, 2.24) is 20.4 Å². The number of H-pyrrole nitrogens is 2. The zero-order valence-corrected chi connectivity index (χ0v) is 11.4. The van der Waals surface area contributed by atoms with E-state index in [9.17, 15) is 8.42 Å². The Balaban J connectivity index is 2.46. The largest absolute Gasteiger partial charge is 0.281 e. The van der Waals surface area contributed by atoms with Crippen LogP contribution in [-0.4, -0.2) is 28.8 Å². The summed E-state index contributed by atoms with van der Waals surface area (Å²) in [6.07, 6.45) is 0. The number of rotatable bonds is 3. The van der Waals surface area contributed by atoms with Crippen molar-refractivity contribution in [2.24, 2.45) is 0 Å². The number of nitrogens with one attached hydrogen (secondary N) is 3. The quantitative estimate of drug-likeness (QED) is 0.778. The number of hydrogen-bond acceptors (Lipinski definition) is 4. The highest BCUT2D eigenvalue weighted by atomic mass is 32.2. The van der Waals surface area contributed by atoms with Crippen molar-refractivity contribution in [2.75, 3.05) is 4.72 Å². The van der Waals surface area contributed by atoms with E-state index in [1.807, 2.05) is 0 Å². The maximum absolute atomic E-state index is 12.3. The van der Waals surface area contributed by atoms with E-state index in [1.165, 1.54) is 0 Å². The Morgan fingerprint density at radius 3 is 1.94 bits per heavy atom. The van der Waals surface area contributed by atoms with E-state index < -0.39 is 10.0 Å². The van der Waals surface area contributed by atoms with Crippen LogP contribution >= 0.6 is 0 Å². The SMILES string of the molecule is Cc1n[nH]c(C)c1NS(=O)(=O)c1c(C)n[nH]c1C. The minimum Gasteiger partial charge on any atom is -0.281 e. The molecule has 8 heteroatoms. The van der Waals surface area contributed by atoms with Gasteiger partial charge in [0, 0.05) is 0 Å². The van der Waals surface area contributed by atoms with Gasteiger partial charge in [-0.25, -0.2) is 8.42 Å². The Morgan fingerprint density at radius 1 is 0.944 bits per heavy atom. The monoisotopic (exact) mass is 269 g/mol. The molecule has 0 fully saturated rings. The summed E-state index contributed by atoms with van der Waals surface area (Å²) in [5.41, 5.74) is 2.72. The van der Waals surface area contributed by atoms with Crippen LogP contribution in [0.4, 0.5) is 5.69 Å². The first-order chi connectivity index (χ1) is 8.33. The molecule has 3 N–H and O–H groups in total. The fourth-order valence-electron chi connectivity index (χ4n) is 1.82. The number of hydrogen-bond donors (Lipinski definition) is 3. The smallest absolute Gasteiger partial charge is 0.265 e. The first-order valence-electron chi connectivity index (χ1n) is 5.39. The maximum atomic E-state index is 12.3. The van der Waals surface area contributed by atoms with Crippen molar-refractivity contribution in [3.05, 3.63) is 22.8 Å². The summed E-state index contributed by atoms with van der Waals surface area (Å²) in [6, 6.07) is 0. The van der Waals surface area contributed by atoms with Gasteiger partial charge in [-0.05, 0) is 27.7 Å². The fourth-order valence-corrected chi connectivity index (χ4v) is 3.38. The first-order valence-corrected chi connectivity index (χ1v) is 6.87. The molecule has 0 atom stereocenters. The first kappa shape index (κ1) is 12.6. The van der Waals surface area contributed by atoms with Gasteiger partial charge in [0.25, 0.3) is 10.0 Å². The van der Waals surface area contributed by atoms with Gasteiger partial charge in [0.1, 0.15) is 4.90 Å². The molecule has 0 unspecified atom stereocenters. The molecule has 0 aliphatic carbocycles. The van der Waals surface area contributed by atoms with E-state index in [4.69, 9.17) is 0 Å².